The molecule has 0 aromatic heterocycles. The minimum atomic E-state index is 0.861. The van der Waals surface area contributed by atoms with E-state index in [4.69, 9.17) is 0 Å². The van der Waals surface area contributed by atoms with Crippen LogP contribution in [0.2, 0.25) is 0 Å². The Hall–Kier alpha value is -0.670. The summed E-state index contributed by atoms with van der Waals surface area (Å²) in [7, 11) is 2.18. The monoisotopic (exact) mass is 178 g/mol. The summed E-state index contributed by atoms with van der Waals surface area (Å²) in [5, 5.41) is 0. The zero-order chi connectivity index (χ0) is 9.10. The molecule has 1 fully saturated rings. The molecule has 0 aromatic carbocycles. The first-order chi connectivity index (χ1) is 6.36. The molecule has 13 heavy (non-hydrogen) atoms. The summed E-state index contributed by atoms with van der Waals surface area (Å²) in [5.41, 5.74) is 0. The van der Waals surface area contributed by atoms with Crippen LogP contribution in [-0.2, 0) is 0 Å². The van der Waals surface area contributed by atoms with E-state index in [2.05, 4.69) is 27.9 Å². The molecule has 0 saturated carbocycles. The first kappa shape index (κ1) is 8.91. The van der Waals surface area contributed by atoms with Gasteiger partial charge in [0.2, 0.25) is 0 Å². The van der Waals surface area contributed by atoms with Crippen LogP contribution in [0.25, 0.3) is 0 Å². The molecule has 0 spiro atoms. The van der Waals surface area contributed by atoms with Crippen LogP contribution in [-0.4, -0.2) is 55.8 Å². The second kappa shape index (κ2) is 4.03. The summed E-state index contributed by atoms with van der Waals surface area (Å²) in [4.78, 5) is 9.05. The predicted molar refractivity (Wildman–Crippen MR) is 54.8 cm³/mol. The van der Waals surface area contributed by atoms with Crippen molar-refractivity contribution >= 4 is 6.21 Å². The number of aliphatic imine (C=N–C) groups is 1. The second-order valence-corrected chi connectivity index (χ2v) is 3.63. The first-order valence-corrected chi connectivity index (χ1v) is 4.82. The van der Waals surface area contributed by atoms with Crippen molar-refractivity contribution in [1.82, 2.24) is 9.80 Å². The molecule has 71 valence electrons. The molecule has 3 nitrogen and oxygen atoms in total. The first-order valence-electron chi connectivity index (χ1n) is 4.82. The third-order valence-corrected chi connectivity index (χ3v) is 2.64. The summed E-state index contributed by atoms with van der Waals surface area (Å²) in [6.07, 6.45) is 6.08. The number of likely N-dealkylation sites (N-methyl/N-ethyl adjacent to an activating group) is 1. The molecular weight excluding hydrogens is 162 g/mol. The average Bonchev–Trinajstić information content (AvgIpc) is 2.20. The zero-order valence-corrected chi connectivity index (χ0v) is 8.11. The molecule has 2 aliphatic heterocycles. The van der Waals surface area contributed by atoms with E-state index in [1.165, 1.54) is 19.1 Å². The number of nitrogens with zero attached hydrogens (tertiary/aromatic N) is 3. The van der Waals surface area contributed by atoms with Gasteiger partial charge in [-0.1, -0.05) is 6.08 Å². The fourth-order valence-electron chi connectivity index (χ4n) is 1.71. The van der Waals surface area contributed by atoms with Crippen molar-refractivity contribution in [2.24, 2.45) is 4.99 Å². The summed E-state index contributed by atoms with van der Waals surface area (Å²) in [6.45, 7) is 5.49. The molecule has 1 radical (unpaired) electrons. The molecule has 0 N–H and O–H groups in total. The highest BCUT2D eigenvalue weighted by Crippen LogP contribution is 2.15. The SMILES string of the molecule is CN1CCN([C]2C=CC=NC2)CC1. The molecule has 2 aliphatic rings. The van der Waals surface area contributed by atoms with Crippen molar-refractivity contribution in [2.45, 2.75) is 0 Å². The summed E-state index contributed by atoms with van der Waals surface area (Å²) in [6, 6.07) is 1.37. The molecule has 2 rings (SSSR count). The van der Waals surface area contributed by atoms with Crippen LogP contribution >= 0.6 is 0 Å². The minimum absolute atomic E-state index is 0.861. The van der Waals surface area contributed by atoms with Gasteiger partial charge >= 0.3 is 0 Å². The summed E-state index contributed by atoms with van der Waals surface area (Å²) in [5.74, 6) is 0. The molecular formula is C10H16N3. The van der Waals surface area contributed by atoms with E-state index < -0.39 is 0 Å². The highest BCUT2D eigenvalue weighted by molar-refractivity contribution is 5.73. The number of piperazine rings is 1. The molecule has 0 atom stereocenters. The van der Waals surface area contributed by atoms with E-state index in [9.17, 15) is 0 Å². The molecule has 1 saturated heterocycles. The lowest BCUT2D eigenvalue weighted by Crippen LogP contribution is -2.46. The predicted octanol–water partition coefficient (Wildman–Crippen LogP) is 0.406. The second-order valence-electron chi connectivity index (χ2n) is 3.63. The van der Waals surface area contributed by atoms with Crippen LogP contribution in [0.15, 0.2) is 17.1 Å². The van der Waals surface area contributed by atoms with Crippen molar-refractivity contribution < 1.29 is 0 Å². The number of allylic oxidation sites excluding steroid dienone is 1. The van der Waals surface area contributed by atoms with Gasteiger partial charge in [-0.2, -0.15) is 0 Å². The minimum Gasteiger partial charge on any atom is -0.304 e. The standard InChI is InChI=1S/C10H16N3/c1-12-5-7-13(8-6-12)10-3-2-4-11-9-10/h2-4H,5-9H2,1H3. The third-order valence-electron chi connectivity index (χ3n) is 2.64. The van der Waals surface area contributed by atoms with Crippen molar-refractivity contribution in [2.75, 3.05) is 39.8 Å². The highest BCUT2D eigenvalue weighted by atomic mass is 15.3. The maximum atomic E-state index is 4.25. The van der Waals surface area contributed by atoms with Gasteiger partial charge in [0.05, 0.1) is 12.6 Å². The van der Waals surface area contributed by atoms with Gasteiger partial charge in [0, 0.05) is 32.4 Å². The number of rotatable bonds is 1. The van der Waals surface area contributed by atoms with Crippen molar-refractivity contribution in [3.05, 3.63) is 18.2 Å². The lowest BCUT2D eigenvalue weighted by atomic mass is 10.1. The fraction of sp³-hybridized carbons (Fsp3) is 0.600. The van der Waals surface area contributed by atoms with Gasteiger partial charge < -0.3 is 4.90 Å². The third kappa shape index (κ3) is 2.17. The molecule has 0 aliphatic carbocycles. The maximum Gasteiger partial charge on any atom is 0.0833 e. The van der Waals surface area contributed by atoms with Crippen LogP contribution < -0.4 is 0 Å². The Kier molecular flexibility index (Phi) is 2.76. The van der Waals surface area contributed by atoms with Crippen molar-refractivity contribution in [3.8, 4) is 0 Å². The Balaban J connectivity index is 1.87. The molecule has 2 heterocycles. The van der Waals surface area contributed by atoms with Gasteiger partial charge in [-0.3, -0.25) is 9.89 Å². The number of hydrogen-bond donors (Lipinski definition) is 0. The van der Waals surface area contributed by atoms with Gasteiger partial charge in [-0.05, 0) is 13.1 Å². The van der Waals surface area contributed by atoms with Crippen LogP contribution in [0, 0.1) is 6.04 Å². The Morgan fingerprint density at radius 1 is 1.23 bits per heavy atom. The highest BCUT2D eigenvalue weighted by Gasteiger charge is 2.21. The normalized spacial score (nSPS) is 26.8. The van der Waals surface area contributed by atoms with Gasteiger partial charge in [-0.25, -0.2) is 0 Å². The Labute approximate surface area is 79.7 Å². The Bertz CT molecular complexity index is 214. The van der Waals surface area contributed by atoms with Crippen LogP contribution in [0.3, 0.4) is 0 Å². The quantitative estimate of drug-likeness (QED) is 0.579. The van der Waals surface area contributed by atoms with Crippen molar-refractivity contribution in [3.63, 3.8) is 0 Å². The summed E-state index contributed by atoms with van der Waals surface area (Å²) < 4.78 is 0. The smallest absolute Gasteiger partial charge is 0.0833 e. The van der Waals surface area contributed by atoms with E-state index >= 15 is 0 Å². The van der Waals surface area contributed by atoms with Gasteiger partial charge in [0.1, 0.15) is 0 Å². The molecule has 0 amide bonds. The molecule has 0 unspecified atom stereocenters. The van der Waals surface area contributed by atoms with E-state index in [1.54, 1.807) is 0 Å². The Morgan fingerprint density at radius 2 is 2.00 bits per heavy atom. The van der Waals surface area contributed by atoms with E-state index in [-0.39, 0.29) is 0 Å². The van der Waals surface area contributed by atoms with Gasteiger partial charge in [0.15, 0.2) is 0 Å². The largest absolute Gasteiger partial charge is 0.304 e. The number of dihydropyridines is 1. The Morgan fingerprint density at radius 3 is 2.62 bits per heavy atom. The van der Waals surface area contributed by atoms with Gasteiger partial charge in [-0.15, -0.1) is 0 Å². The van der Waals surface area contributed by atoms with Crippen LogP contribution in [0.1, 0.15) is 0 Å². The molecule has 0 bridgehead atoms. The lowest BCUT2D eigenvalue weighted by molar-refractivity contribution is 0.167. The van der Waals surface area contributed by atoms with Crippen molar-refractivity contribution in [1.29, 1.82) is 0 Å². The van der Waals surface area contributed by atoms with Crippen LogP contribution in [0.5, 0.6) is 0 Å². The number of hydrogen-bond acceptors (Lipinski definition) is 3. The van der Waals surface area contributed by atoms with E-state index in [1.807, 2.05) is 12.3 Å². The van der Waals surface area contributed by atoms with Crippen LogP contribution in [0.4, 0.5) is 0 Å². The van der Waals surface area contributed by atoms with E-state index in [0.29, 0.717) is 0 Å². The average molecular weight is 178 g/mol. The van der Waals surface area contributed by atoms with E-state index in [0.717, 1.165) is 19.6 Å². The summed E-state index contributed by atoms with van der Waals surface area (Å²) >= 11 is 0. The lowest BCUT2D eigenvalue weighted by Gasteiger charge is -2.36. The molecule has 0 aromatic rings. The maximum absolute atomic E-state index is 4.25. The topological polar surface area (TPSA) is 18.8 Å². The zero-order valence-electron chi connectivity index (χ0n) is 8.11. The van der Waals surface area contributed by atoms with Gasteiger partial charge in [0.25, 0.3) is 0 Å². The fourth-order valence-corrected chi connectivity index (χ4v) is 1.71. The molecule has 3 heteroatoms.